The molecule has 0 aliphatic carbocycles. The molecule has 1 saturated heterocycles. The SMILES string of the molecule is Cc1cn([C@@H]2O[C@@H](CO)[C@@H](O)[C@H]2O)c(=O)nc1N. The lowest BCUT2D eigenvalue weighted by atomic mass is 10.1. The number of nitrogens with two attached hydrogens (primary N) is 1. The van der Waals surface area contributed by atoms with Crippen LogP contribution >= 0.6 is 0 Å². The predicted molar refractivity (Wildman–Crippen MR) is 60.7 cm³/mol. The standard InChI is InChI=1S/C10H15N3O5/c1-4-2-13(10(17)12-8(4)11)9-7(16)6(15)5(3-14)18-9/h2,5-7,9,14-16H,3H2,1H3,(H2,11,12,17)/t5-,6+,7+,9+/m0/s1. The Morgan fingerprint density at radius 1 is 1.50 bits per heavy atom. The number of aryl methyl sites for hydroxylation is 1. The minimum absolute atomic E-state index is 0.1000. The van der Waals surface area contributed by atoms with Crippen molar-refractivity contribution >= 4 is 5.82 Å². The second kappa shape index (κ2) is 4.65. The van der Waals surface area contributed by atoms with E-state index in [0.29, 0.717) is 5.56 Å². The van der Waals surface area contributed by atoms with Crippen LogP contribution in [0.5, 0.6) is 0 Å². The summed E-state index contributed by atoms with van der Waals surface area (Å²) < 4.78 is 6.28. The molecule has 1 fully saturated rings. The molecule has 2 rings (SSSR count). The summed E-state index contributed by atoms with van der Waals surface area (Å²) in [5.74, 6) is 0.1000. The van der Waals surface area contributed by atoms with E-state index < -0.39 is 36.8 Å². The number of nitrogens with zero attached hydrogens (tertiary/aromatic N) is 2. The van der Waals surface area contributed by atoms with Crippen LogP contribution in [0.15, 0.2) is 11.0 Å². The fraction of sp³-hybridized carbons (Fsp3) is 0.600. The number of aliphatic hydroxyl groups excluding tert-OH is 3. The van der Waals surface area contributed by atoms with Gasteiger partial charge in [-0.3, -0.25) is 4.57 Å². The normalized spacial score (nSPS) is 31.8. The van der Waals surface area contributed by atoms with Gasteiger partial charge in [0.15, 0.2) is 6.23 Å². The number of ether oxygens (including phenoxy) is 1. The molecule has 1 aromatic heterocycles. The number of anilines is 1. The Morgan fingerprint density at radius 2 is 2.17 bits per heavy atom. The minimum Gasteiger partial charge on any atom is -0.394 e. The Morgan fingerprint density at radius 3 is 2.72 bits per heavy atom. The molecule has 1 aliphatic rings. The maximum Gasteiger partial charge on any atom is 0.351 e. The molecule has 1 aromatic rings. The third kappa shape index (κ3) is 1.99. The summed E-state index contributed by atoms with van der Waals surface area (Å²) in [5.41, 5.74) is 5.35. The number of aromatic nitrogens is 2. The van der Waals surface area contributed by atoms with E-state index in [2.05, 4.69) is 4.98 Å². The fourth-order valence-corrected chi connectivity index (χ4v) is 1.87. The number of hydrogen-bond acceptors (Lipinski definition) is 7. The van der Waals surface area contributed by atoms with Crippen LogP contribution in [0.25, 0.3) is 0 Å². The van der Waals surface area contributed by atoms with Gasteiger partial charge in [0.2, 0.25) is 0 Å². The highest BCUT2D eigenvalue weighted by molar-refractivity contribution is 5.35. The Kier molecular flexibility index (Phi) is 3.35. The lowest BCUT2D eigenvalue weighted by molar-refractivity contribution is -0.0550. The van der Waals surface area contributed by atoms with E-state index in [1.807, 2.05) is 0 Å². The van der Waals surface area contributed by atoms with Gasteiger partial charge >= 0.3 is 5.69 Å². The van der Waals surface area contributed by atoms with Gasteiger partial charge in [-0.25, -0.2) is 4.79 Å². The zero-order valence-electron chi connectivity index (χ0n) is 9.72. The van der Waals surface area contributed by atoms with Crippen LogP contribution in [0.3, 0.4) is 0 Å². The monoisotopic (exact) mass is 257 g/mol. The topological polar surface area (TPSA) is 131 Å². The highest BCUT2D eigenvalue weighted by Crippen LogP contribution is 2.28. The number of aliphatic hydroxyl groups is 3. The number of hydrogen-bond donors (Lipinski definition) is 4. The van der Waals surface area contributed by atoms with E-state index >= 15 is 0 Å². The number of nitrogen functional groups attached to an aromatic ring is 1. The molecular formula is C10H15N3O5. The molecule has 0 amide bonds. The molecule has 1 aliphatic heterocycles. The molecule has 0 spiro atoms. The number of rotatable bonds is 2. The van der Waals surface area contributed by atoms with E-state index in [1.165, 1.54) is 6.20 Å². The van der Waals surface area contributed by atoms with Gasteiger partial charge in [0, 0.05) is 11.8 Å². The first-order chi connectivity index (χ1) is 8.45. The predicted octanol–water partition coefficient (Wildman–Crippen LogP) is -2.25. The second-order valence-electron chi connectivity index (χ2n) is 4.23. The summed E-state index contributed by atoms with van der Waals surface area (Å²) in [7, 11) is 0. The summed E-state index contributed by atoms with van der Waals surface area (Å²) in [4.78, 5) is 15.2. The van der Waals surface area contributed by atoms with E-state index in [1.54, 1.807) is 6.92 Å². The van der Waals surface area contributed by atoms with Crippen LogP contribution in [0.2, 0.25) is 0 Å². The molecule has 0 aromatic carbocycles. The van der Waals surface area contributed by atoms with Crippen molar-refractivity contribution in [3.05, 3.63) is 22.2 Å². The van der Waals surface area contributed by atoms with Crippen molar-refractivity contribution in [1.29, 1.82) is 0 Å². The average molecular weight is 257 g/mol. The van der Waals surface area contributed by atoms with Gasteiger partial charge in [-0.1, -0.05) is 0 Å². The van der Waals surface area contributed by atoms with E-state index in [-0.39, 0.29) is 5.82 Å². The van der Waals surface area contributed by atoms with Crippen molar-refractivity contribution in [3.8, 4) is 0 Å². The van der Waals surface area contributed by atoms with Crippen LogP contribution in [-0.2, 0) is 4.74 Å². The van der Waals surface area contributed by atoms with Gasteiger partial charge in [-0.05, 0) is 6.92 Å². The van der Waals surface area contributed by atoms with Crippen molar-refractivity contribution in [3.63, 3.8) is 0 Å². The van der Waals surface area contributed by atoms with Crippen LogP contribution in [-0.4, -0.2) is 49.8 Å². The van der Waals surface area contributed by atoms with Crippen molar-refractivity contribution in [2.45, 2.75) is 31.5 Å². The van der Waals surface area contributed by atoms with E-state index in [9.17, 15) is 15.0 Å². The third-order valence-corrected chi connectivity index (χ3v) is 2.97. The molecular weight excluding hydrogens is 242 g/mol. The zero-order chi connectivity index (χ0) is 13.4. The Balaban J connectivity index is 2.39. The molecule has 100 valence electrons. The lowest BCUT2D eigenvalue weighted by Gasteiger charge is -2.17. The summed E-state index contributed by atoms with van der Waals surface area (Å²) in [5, 5.41) is 28.4. The smallest absolute Gasteiger partial charge is 0.351 e. The first kappa shape index (κ1) is 13.0. The maximum absolute atomic E-state index is 11.7. The Bertz CT molecular complexity index is 503. The molecule has 5 N–H and O–H groups in total. The van der Waals surface area contributed by atoms with Gasteiger partial charge in [0.05, 0.1) is 6.61 Å². The maximum atomic E-state index is 11.7. The van der Waals surface area contributed by atoms with Crippen molar-refractivity contribution in [2.24, 2.45) is 0 Å². The quantitative estimate of drug-likeness (QED) is 0.470. The summed E-state index contributed by atoms with van der Waals surface area (Å²) in [6, 6.07) is 0. The van der Waals surface area contributed by atoms with E-state index in [0.717, 1.165) is 4.57 Å². The average Bonchev–Trinajstić information content (AvgIpc) is 2.61. The second-order valence-corrected chi connectivity index (χ2v) is 4.23. The highest BCUT2D eigenvalue weighted by atomic mass is 16.6. The molecule has 8 heteroatoms. The molecule has 0 bridgehead atoms. The van der Waals surface area contributed by atoms with Crippen molar-refractivity contribution < 1.29 is 20.1 Å². The van der Waals surface area contributed by atoms with Crippen LogP contribution in [0, 0.1) is 6.92 Å². The Labute approximate surface area is 102 Å². The molecule has 18 heavy (non-hydrogen) atoms. The van der Waals surface area contributed by atoms with Gasteiger partial charge in [0.1, 0.15) is 24.1 Å². The lowest BCUT2D eigenvalue weighted by Crippen LogP contribution is -2.36. The van der Waals surface area contributed by atoms with Crippen molar-refractivity contribution in [2.75, 3.05) is 12.3 Å². The van der Waals surface area contributed by atoms with Gasteiger partial charge < -0.3 is 25.8 Å². The Hall–Kier alpha value is -1.48. The largest absolute Gasteiger partial charge is 0.394 e. The minimum atomic E-state index is -1.32. The first-order valence-corrected chi connectivity index (χ1v) is 5.43. The van der Waals surface area contributed by atoms with Crippen LogP contribution in [0.4, 0.5) is 5.82 Å². The fourth-order valence-electron chi connectivity index (χ4n) is 1.87. The van der Waals surface area contributed by atoms with E-state index in [4.69, 9.17) is 15.6 Å². The highest BCUT2D eigenvalue weighted by Gasteiger charge is 2.43. The molecule has 0 radical (unpaired) electrons. The van der Waals surface area contributed by atoms with Crippen LogP contribution < -0.4 is 11.4 Å². The van der Waals surface area contributed by atoms with Crippen molar-refractivity contribution in [1.82, 2.24) is 9.55 Å². The molecule has 0 saturated carbocycles. The molecule has 2 heterocycles. The molecule has 4 atom stereocenters. The van der Waals surface area contributed by atoms with Gasteiger partial charge in [-0.15, -0.1) is 0 Å². The molecule has 8 nitrogen and oxygen atoms in total. The first-order valence-electron chi connectivity index (χ1n) is 5.43. The summed E-state index contributed by atoms with van der Waals surface area (Å²) >= 11 is 0. The van der Waals surface area contributed by atoms with Gasteiger partial charge in [-0.2, -0.15) is 4.98 Å². The van der Waals surface area contributed by atoms with Crippen LogP contribution in [0.1, 0.15) is 11.8 Å². The summed E-state index contributed by atoms with van der Waals surface area (Å²) in [6.45, 7) is 1.20. The molecule has 0 unspecified atom stereocenters. The summed E-state index contributed by atoms with van der Waals surface area (Å²) in [6.07, 6.45) is -3.20. The third-order valence-electron chi connectivity index (χ3n) is 2.97. The zero-order valence-corrected chi connectivity index (χ0v) is 9.72. The van der Waals surface area contributed by atoms with Gasteiger partial charge in [0.25, 0.3) is 0 Å².